The summed E-state index contributed by atoms with van der Waals surface area (Å²) in [6.07, 6.45) is 1.00. The lowest BCUT2D eigenvalue weighted by molar-refractivity contribution is -0.140. The summed E-state index contributed by atoms with van der Waals surface area (Å²) in [4.78, 5) is 29.0. The zero-order valence-corrected chi connectivity index (χ0v) is 26.5. The molecule has 0 unspecified atom stereocenters. The first-order chi connectivity index (χ1) is 19.4. The number of halogens is 3. The minimum absolute atomic E-state index is 0.0241. The van der Waals surface area contributed by atoms with E-state index in [0.717, 1.165) is 4.31 Å². The average Bonchev–Trinajstić information content (AvgIpc) is 2.93. The van der Waals surface area contributed by atoms with Crippen LogP contribution in [-0.4, -0.2) is 43.8 Å². The molecule has 0 fully saturated rings. The monoisotopic (exact) mass is 637 g/mol. The van der Waals surface area contributed by atoms with Crippen LogP contribution in [0.4, 0.5) is 5.69 Å². The normalized spacial score (nSPS) is 12.9. The van der Waals surface area contributed by atoms with E-state index in [1.165, 1.54) is 17.0 Å². The van der Waals surface area contributed by atoms with Crippen LogP contribution in [0, 0.1) is 6.92 Å². The molecule has 11 heteroatoms. The van der Waals surface area contributed by atoms with Gasteiger partial charge in [-0.15, -0.1) is 0 Å². The first-order valence-electron chi connectivity index (χ1n) is 13.3. The topological polar surface area (TPSA) is 86.8 Å². The van der Waals surface area contributed by atoms with Crippen LogP contribution in [0.2, 0.25) is 15.1 Å². The predicted molar refractivity (Wildman–Crippen MR) is 166 cm³/mol. The van der Waals surface area contributed by atoms with Gasteiger partial charge in [0.25, 0.3) is 10.0 Å². The summed E-state index contributed by atoms with van der Waals surface area (Å²) in [6.45, 7) is 6.76. The molecule has 2 atom stereocenters. The summed E-state index contributed by atoms with van der Waals surface area (Å²) in [5.41, 5.74) is 1.44. The molecule has 2 amide bonds. The minimum Gasteiger partial charge on any atom is -0.352 e. The summed E-state index contributed by atoms with van der Waals surface area (Å²) in [5, 5.41) is 4.14. The fourth-order valence-corrected chi connectivity index (χ4v) is 6.52. The fraction of sp³-hybridized carbons (Fsp3) is 0.333. The Morgan fingerprint density at radius 3 is 2.12 bits per heavy atom. The molecule has 0 heterocycles. The van der Waals surface area contributed by atoms with E-state index >= 15 is 0 Å². The number of hydrogen-bond donors (Lipinski definition) is 1. The molecule has 3 aromatic carbocycles. The van der Waals surface area contributed by atoms with Gasteiger partial charge in [-0.05, 0) is 80.3 Å². The highest BCUT2D eigenvalue weighted by atomic mass is 35.5. The van der Waals surface area contributed by atoms with Crippen molar-refractivity contribution >= 4 is 62.3 Å². The smallest absolute Gasteiger partial charge is 0.264 e. The first-order valence-corrected chi connectivity index (χ1v) is 15.8. The molecule has 41 heavy (non-hydrogen) atoms. The molecule has 220 valence electrons. The second kappa shape index (κ2) is 14.4. The SMILES string of the molecule is CC[C@@H](C)NC(=O)[C@H](CC)N(Cc1ccc(Cl)cc1Cl)C(=O)CN(c1ccc(Cl)cc1C)S(=O)(=O)c1ccccc1. The van der Waals surface area contributed by atoms with Gasteiger partial charge in [0.15, 0.2) is 0 Å². The molecular formula is C30H34Cl3N3O4S. The van der Waals surface area contributed by atoms with Crippen molar-refractivity contribution in [3.05, 3.63) is 92.9 Å². The number of amides is 2. The van der Waals surface area contributed by atoms with E-state index in [1.54, 1.807) is 68.4 Å². The van der Waals surface area contributed by atoms with Gasteiger partial charge in [0.05, 0.1) is 10.6 Å². The molecule has 0 aromatic heterocycles. The van der Waals surface area contributed by atoms with Crippen molar-refractivity contribution in [3.63, 3.8) is 0 Å². The van der Waals surface area contributed by atoms with E-state index in [-0.39, 0.29) is 23.4 Å². The van der Waals surface area contributed by atoms with E-state index in [1.807, 2.05) is 13.8 Å². The second-order valence-electron chi connectivity index (χ2n) is 9.75. The zero-order chi connectivity index (χ0) is 30.3. The third kappa shape index (κ3) is 8.16. The quantitative estimate of drug-likeness (QED) is 0.235. The Kier molecular flexibility index (Phi) is 11.5. The molecule has 0 saturated carbocycles. The van der Waals surface area contributed by atoms with Gasteiger partial charge >= 0.3 is 0 Å². The maximum Gasteiger partial charge on any atom is 0.264 e. The van der Waals surface area contributed by atoms with Crippen molar-refractivity contribution in [2.45, 2.75) is 64.1 Å². The fourth-order valence-electron chi connectivity index (χ4n) is 4.33. The molecule has 7 nitrogen and oxygen atoms in total. The highest BCUT2D eigenvalue weighted by molar-refractivity contribution is 7.92. The van der Waals surface area contributed by atoms with Crippen molar-refractivity contribution in [2.75, 3.05) is 10.8 Å². The third-order valence-corrected chi connectivity index (χ3v) is 9.38. The van der Waals surface area contributed by atoms with Crippen LogP contribution in [-0.2, 0) is 26.2 Å². The third-order valence-electron chi connectivity index (χ3n) is 6.78. The van der Waals surface area contributed by atoms with Gasteiger partial charge < -0.3 is 10.2 Å². The predicted octanol–water partition coefficient (Wildman–Crippen LogP) is 6.87. The molecule has 0 aliphatic heterocycles. The van der Waals surface area contributed by atoms with E-state index in [2.05, 4.69) is 5.32 Å². The Morgan fingerprint density at radius 2 is 1.54 bits per heavy atom. The first kappa shape index (κ1) is 32.7. The van der Waals surface area contributed by atoms with Gasteiger partial charge in [-0.25, -0.2) is 8.42 Å². The molecule has 0 radical (unpaired) electrons. The second-order valence-corrected chi connectivity index (χ2v) is 12.9. The summed E-state index contributed by atoms with van der Waals surface area (Å²) < 4.78 is 28.9. The lowest BCUT2D eigenvalue weighted by Crippen LogP contribution is -2.53. The maximum absolute atomic E-state index is 14.2. The minimum atomic E-state index is -4.18. The molecule has 0 saturated heterocycles. The van der Waals surface area contributed by atoms with Crippen LogP contribution in [0.3, 0.4) is 0 Å². The molecule has 3 aromatic rings. The highest BCUT2D eigenvalue weighted by Crippen LogP contribution is 2.30. The summed E-state index contributed by atoms with van der Waals surface area (Å²) >= 11 is 18.7. The largest absolute Gasteiger partial charge is 0.352 e. The maximum atomic E-state index is 14.2. The lowest BCUT2D eigenvalue weighted by Gasteiger charge is -2.34. The van der Waals surface area contributed by atoms with E-state index in [4.69, 9.17) is 34.8 Å². The summed E-state index contributed by atoms with van der Waals surface area (Å²) in [7, 11) is -4.18. The summed E-state index contributed by atoms with van der Waals surface area (Å²) in [5.74, 6) is -0.906. The Labute approximate surface area is 257 Å². The standard InChI is InChI=1S/C30H34Cl3N3O4S/c1-5-21(4)34-30(38)27(6-2)35(18-22-12-13-24(32)17-26(22)33)29(37)19-36(28-15-14-23(31)16-20(28)3)41(39,40)25-10-8-7-9-11-25/h7-17,21,27H,5-6,18-19H2,1-4H3,(H,34,38)/t21-,27+/m1/s1. The zero-order valence-electron chi connectivity index (χ0n) is 23.4. The van der Waals surface area contributed by atoms with Crippen molar-refractivity contribution in [2.24, 2.45) is 0 Å². The van der Waals surface area contributed by atoms with Crippen LogP contribution >= 0.6 is 34.8 Å². The number of benzene rings is 3. The van der Waals surface area contributed by atoms with Crippen molar-refractivity contribution < 1.29 is 18.0 Å². The van der Waals surface area contributed by atoms with E-state index in [0.29, 0.717) is 44.7 Å². The van der Waals surface area contributed by atoms with Crippen LogP contribution < -0.4 is 9.62 Å². The molecule has 3 rings (SSSR count). The number of nitrogens with zero attached hydrogens (tertiary/aromatic N) is 2. The number of nitrogens with one attached hydrogen (secondary N) is 1. The Balaban J connectivity index is 2.11. The lowest BCUT2D eigenvalue weighted by atomic mass is 10.1. The average molecular weight is 639 g/mol. The van der Waals surface area contributed by atoms with Crippen LogP contribution in [0.5, 0.6) is 0 Å². The van der Waals surface area contributed by atoms with Gasteiger partial charge in [0, 0.05) is 27.7 Å². The van der Waals surface area contributed by atoms with Gasteiger partial charge in [-0.2, -0.15) is 0 Å². The van der Waals surface area contributed by atoms with E-state index in [9.17, 15) is 18.0 Å². The molecule has 0 aliphatic rings. The van der Waals surface area contributed by atoms with Crippen molar-refractivity contribution in [1.29, 1.82) is 0 Å². The number of carbonyl (C=O) groups excluding carboxylic acids is 2. The Hall–Kier alpha value is -2.78. The Morgan fingerprint density at radius 1 is 0.902 bits per heavy atom. The number of aryl methyl sites for hydroxylation is 1. The highest BCUT2D eigenvalue weighted by Gasteiger charge is 2.34. The number of hydrogen-bond acceptors (Lipinski definition) is 4. The molecular weight excluding hydrogens is 605 g/mol. The van der Waals surface area contributed by atoms with Crippen molar-refractivity contribution in [3.8, 4) is 0 Å². The van der Waals surface area contributed by atoms with Crippen molar-refractivity contribution in [1.82, 2.24) is 10.2 Å². The number of anilines is 1. The molecule has 0 spiro atoms. The van der Waals surface area contributed by atoms with Gasteiger partial charge in [-0.3, -0.25) is 13.9 Å². The number of carbonyl (C=O) groups is 2. The van der Waals surface area contributed by atoms with Crippen LogP contribution in [0.25, 0.3) is 0 Å². The van der Waals surface area contributed by atoms with E-state index < -0.39 is 28.5 Å². The van der Waals surface area contributed by atoms with Crippen LogP contribution in [0.15, 0.2) is 71.6 Å². The Bertz CT molecular complexity index is 1490. The van der Waals surface area contributed by atoms with Crippen LogP contribution in [0.1, 0.15) is 44.7 Å². The van der Waals surface area contributed by atoms with Gasteiger partial charge in [0.2, 0.25) is 11.8 Å². The molecule has 0 aliphatic carbocycles. The number of rotatable bonds is 12. The molecule has 1 N–H and O–H groups in total. The number of sulfonamides is 1. The van der Waals surface area contributed by atoms with Gasteiger partial charge in [-0.1, -0.05) is 72.9 Å². The molecule has 0 bridgehead atoms. The van der Waals surface area contributed by atoms with Gasteiger partial charge in [0.1, 0.15) is 12.6 Å². The summed E-state index contributed by atoms with van der Waals surface area (Å²) in [6, 6.07) is 16.6.